The molecule has 0 aromatic heterocycles. The van der Waals surface area contributed by atoms with Crippen molar-refractivity contribution >= 4 is 23.5 Å². The molecule has 0 aliphatic heterocycles. The van der Waals surface area contributed by atoms with Crippen LogP contribution in [0.1, 0.15) is 0 Å². The molecule has 0 fully saturated rings. The highest BCUT2D eigenvalue weighted by molar-refractivity contribution is 7.97. The number of nitrogens with one attached hydrogen (secondary N) is 2. The second-order valence-electron chi connectivity index (χ2n) is 3.59. The average molecular weight is 283 g/mol. The van der Waals surface area contributed by atoms with Gasteiger partial charge in [0.2, 0.25) is 0 Å². The first kappa shape index (κ1) is 13.4. The molecule has 0 saturated carbocycles. The van der Waals surface area contributed by atoms with Crippen LogP contribution in [0.3, 0.4) is 0 Å². The van der Waals surface area contributed by atoms with Crippen LogP contribution in [-0.2, 0) is 0 Å². The largest absolute Gasteiger partial charge is 0.251 e. The molecule has 5 heteroatoms. The summed E-state index contributed by atoms with van der Waals surface area (Å²) in [6, 6.07) is 13.1. The summed E-state index contributed by atoms with van der Waals surface area (Å²) >= 11 is 7.06. The number of hydrogen-bond acceptors (Lipinski definition) is 3. The van der Waals surface area contributed by atoms with Crippen molar-refractivity contribution in [2.45, 2.75) is 4.90 Å². The number of hydrogen-bond donors (Lipinski definition) is 2. The van der Waals surface area contributed by atoms with Crippen LogP contribution in [0.2, 0.25) is 5.02 Å². The Morgan fingerprint density at radius 1 is 1.11 bits per heavy atom. The van der Waals surface area contributed by atoms with Gasteiger partial charge >= 0.3 is 0 Å². The first-order valence-electron chi connectivity index (χ1n) is 5.35. The minimum atomic E-state index is -0.413. The Hall–Kier alpha value is -1.07. The van der Waals surface area contributed by atoms with Crippen LogP contribution in [0.25, 0.3) is 11.1 Å². The van der Waals surface area contributed by atoms with Crippen LogP contribution in [0.15, 0.2) is 47.4 Å². The smallest absolute Gasteiger partial charge is 0.156 e. The maximum Gasteiger partial charge on any atom is 0.156 e. The maximum absolute atomic E-state index is 13.8. The molecular formula is C13H12ClFN2S. The van der Waals surface area contributed by atoms with Gasteiger partial charge in [-0.15, -0.1) is 0 Å². The Balaban J connectivity index is 2.41. The van der Waals surface area contributed by atoms with Crippen molar-refractivity contribution in [1.82, 2.24) is 10.3 Å². The lowest BCUT2D eigenvalue weighted by Crippen LogP contribution is -2.19. The summed E-state index contributed by atoms with van der Waals surface area (Å²) in [5.41, 5.74) is 4.62. The van der Waals surface area contributed by atoms with E-state index in [-0.39, 0.29) is 5.02 Å². The van der Waals surface area contributed by atoms with Crippen molar-refractivity contribution in [2.75, 3.05) is 7.05 Å². The zero-order chi connectivity index (χ0) is 13.0. The van der Waals surface area contributed by atoms with Crippen LogP contribution in [-0.4, -0.2) is 7.05 Å². The molecule has 2 nitrogen and oxygen atoms in total. The van der Waals surface area contributed by atoms with E-state index in [0.717, 1.165) is 23.1 Å². The lowest BCUT2D eigenvalue weighted by molar-refractivity contribution is 0.601. The van der Waals surface area contributed by atoms with E-state index in [4.69, 9.17) is 11.6 Å². The predicted octanol–water partition coefficient (Wildman–Crippen LogP) is 3.88. The minimum absolute atomic E-state index is 0.122. The molecule has 2 aromatic carbocycles. The molecule has 0 bridgehead atoms. The highest BCUT2D eigenvalue weighted by Crippen LogP contribution is 2.31. The SMILES string of the molecule is CNNSc1cc(-c2ccccc2)cc(Cl)c1F. The van der Waals surface area contributed by atoms with E-state index >= 15 is 0 Å². The average Bonchev–Trinajstić information content (AvgIpc) is 2.41. The van der Waals surface area contributed by atoms with Gasteiger partial charge in [0.25, 0.3) is 0 Å². The molecule has 0 aliphatic rings. The normalized spacial score (nSPS) is 10.6. The van der Waals surface area contributed by atoms with Crippen molar-refractivity contribution in [1.29, 1.82) is 0 Å². The lowest BCUT2D eigenvalue weighted by Gasteiger charge is -2.09. The second kappa shape index (κ2) is 6.20. The molecule has 0 saturated heterocycles. The molecule has 0 spiro atoms. The standard InChI is InChI=1S/C13H12ClFN2S/c1-16-17-18-12-8-10(7-11(14)13(12)15)9-5-3-2-4-6-9/h2-8,16-17H,1H3. The maximum atomic E-state index is 13.8. The van der Waals surface area contributed by atoms with Gasteiger partial charge in [-0.3, -0.25) is 5.43 Å². The van der Waals surface area contributed by atoms with Crippen molar-refractivity contribution < 1.29 is 4.39 Å². The van der Waals surface area contributed by atoms with Gasteiger partial charge < -0.3 is 0 Å². The van der Waals surface area contributed by atoms with E-state index in [1.807, 2.05) is 30.3 Å². The number of benzene rings is 2. The molecule has 18 heavy (non-hydrogen) atoms. The fraction of sp³-hybridized carbons (Fsp3) is 0.0769. The third-order valence-corrected chi connectivity index (χ3v) is 3.46. The van der Waals surface area contributed by atoms with E-state index in [1.165, 1.54) is 0 Å². The van der Waals surface area contributed by atoms with Crippen molar-refractivity contribution in [3.05, 3.63) is 53.3 Å². The molecule has 0 radical (unpaired) electrons. The summed E-state index contributed by atoms with van der Waals surface area (Å²) in [7, 11) is 1.72. The van der Waals surface area contributed by atoms with Gasteiger partial charge in [0, 0.05) is 0 Å². The summed E-state index contributed by atoms with van der Waals surface area (Å²) in [5.74, 6) is -0.413. The van der Waals surface area contributed by atoms with Crippen LogP contribution in [0.5, 0.6) is 0 Å². The van der Waals surface area contributed by atoms with Crippen LogP contribution < -0.4 is 10.3 Å². The van der Waals surface area contributed by atoms with Gasteiger partial charge in [0.05, 0.1) is 9.92 Å². The number of hydrazine groups is 1. The summed E-state index contributed by atoms with van der Waals surface area (Å²) in [4.78, 5) is 3.23. The van der Waals surface area contributed by atoms with Gasteiger partial charge in [-0.25, -0.2) is 4.39 Å². The first-order chi connectivity index (χ1) is 8.72. The monoisotopic (exact) mass is 282 g/mol. The Labute approximate surface area is 115 Å². The summed E-state index contributed by atoms with van der Waals surface area (Å²) in [5, 5.41) is 0.122. The number of halogens is 2. The molecule has 0 amide bonds. The Morgan fingerprint density at radius 3 is 2.50 bits per heavy atom. The summed E-state index contributed by atoms with van der Waals surface area (Å²) in [6.07, 6.45) is 0. The third kappa shape index (κ3) is 3.03. The lowest BCUT2D eigenvalue weighted by atomic mass is 10.1. The van der Waals surface area contributed by atoms with Crippen LogP contribution >= 0.6 is 23.5 Å². The molecule has 94 valence electrons. The fourth-order valence-corrected chi connectivity index (χ4v) is 2.41. The van der Waals surface area contributed by atoms with E-state index < -0.39 is 5.82 Å². The predicted molar refractivity (Wildman–Crippen MR) is 74.9 cm³/mol. The molecule has 0 unspecified atom stereocenters. The first-order valence-corrected chi connectivity index (χ1v) is 6.55. The zero-order valence-electron chi connectivity index (χ0n) is 9.71. The Kier molecular flexibility index (Phi) is 4.60. The third-order valence-electron chi connectivity index (χ3n) is 2.37. The highest BCUT2D eigenvalue weighted by atomic mass is 35.5. The molecule has 0 atom stereocenters. The molecule has 2 N–H and O–H groups in total. The van der Waals surface area contributed by atoms with E-state index in [9.17, 15) is 4.39 Å². The van der Waals surface area contributed by atoms with Gasteiger partial charge in [0.15, 0.2) is 5.82 Å². The summed E-state index contributed by atoms with van der Waals surface area (Å²) < 4.78 is 13.8. The van der Waals surface area contributed by atoms with E-state index in [2.05, 4.69) is 10.3 Å². The quantitative estimate of drug-likeness (QED) is 0.657. The van der Waals surface area contributed by atoms with E-state index in [0.29, 0.717) is 4.90 Å². The topological polar surface area (TPSA) is 24.1 Å². The fourth-order valence-electron chi connectivity index (χ4n) is 1.54. The van der Waals surface area contributed by atoms with Crippen molar-refractivity contribution in [3.63, 3.8) is 0 Å². The molecule has 0 aliphatic carbocycles. The molecule has 2 rings (SSSR count). The van der Waals surface area contributed by atoms with Crippen LogP contribution in [0.4, 0.5) is 4.39 Å². The Bertz CT molecular complexity index is 534. The molecule has 0 heterocycles. The second-order valence-corrected chi connectivity index (χ2v) is 4.85. The van der Waals surface area contributed by atoms with Gasteiger partial charge in [-0.1, -0.05) is 41.9 Å². The number of rotatable bonds is 4. The van der Waals surface area contributed by atoms with Gasteiger partial charge in [-0.2, -0.15) is 4.83 Å². The minimum Gasteiger partial charge on any atom is -0.251 e. The Morgan fingerprint density at radius 2 is 1.83 bits per heavy atom. The highest BCUT2D eigenvalue weighted by Gasteiger charge is 2.10. The van der Waals surface area contributed by atoms with Crippen molar-refractivity contribution in [3.8, 4) is 11.1 Å². The molecule has 2 aromatic rings. The molecular weight excluding hydrogens is 271 g/mol. The van der Waals surface area contributed by atoms with Gasteiger partial charge in [0.1, 0.15) is 0 Å². The zero-order valence-corrected chi connectivity index (χ0v) is 11.3. The van der Waals surface area contributed by atoms with Crippen LogP contribution in [0, 0.1) is 5.82 Å². The van der Waals surface area contributed by atoms with Crippen molar-refractivity contribution in [2.24, 2.45) is 0 Å². The van der Waals surface area contributed by atoms with Gasteiger partial charge in [-0.05, 0) is 42.3 Å². The summed E-state index contributed by atoms with van der Waals surface area (Å²) in [6.45, 7) is 0. The van der Waals surface area contributed by atoms with E-state index in [1.54, 1.807) is 19.2 Å².